The summed E-state index contributed by atoms with van der Waals surface area (Å²) in [6.45, 7) is 3.99. The lowest BCUT2D eigenvalue weighted by Gasteiger charge is -2.20. The van der Waals surface area contributed by atoms with Crippen molar-refractivity contribution in [3.8, 4) is 0 Å². The molecule has 1 aromatic rings. The summed E-state index contributed by atoms with van der Waals surface area (Å²) in [5, 5.41) is 14.4. The summed E-state index contributed by atoms with van der Waals surface area (Å²) in [7, 11) is 0. The first-order chi connectivity index (χ1) is 9.65. The van der Waals surface area contributed by atoms with Crippen LogP contribution in [-0.4, -0.2) is 41.2 Å². The number of benzene rings is 1. The minimum absolute atomic E-state index is 0.489. The second-order valence-electron chi connectivity index (χ2n) is 6.16. The van der Waals surface area contributed by atoms with Gasteiger partial charge < -0.3 is 10.4 Å². The smallest absolute Gasteiger partial charge is 0.0928 e. The van der Waals surface area contributed by atoms with E-state index in [1.54, 1.807) is 0 Å². The van der Waals surface area contributed by atoms with Crippen molar-refractivity contribution in [3.63, 3.8) is 0 Å². The van der Waals surface area contributed by atoms with Gasteiger partial charge in [0.15, 0.2) is 0 Å². The molecular formula is C16H23ClN2O. The van der Waals surface area contributed by atoms with Crippen LogP contribution in [0.15, 0.2) is 24.3 Å². The number of aliphatic hydroxyl groups is 1. The van der Waals surface area contributed by atoms with Gasteiger partial charge in [-0.05, 0) is 32.3 Å². The van der Waals surface area contributed by atoms with Crippen molar-refractivity contribution in [2.75, 3.05) is 13.1 Å². The number of hydrogen-bond donors (Lipinski definition) is 2. The molecule has 20 heavy (non-hydrogen) atoms. The number of hydrogen-bond acceptors (Lipinski definition) is 3. The van der Waals surface area contributed by atoms with Gasteiger partial charge in [0, 0.05) is 41.8 Å². The van der Waals surface area contributed by atoms with Crippen LogP contribution < -0.4 is 5.32 Å². The predicted octanol–water partition coefficient (Wildman–Crippen LogP) is 2.59. The molecule has 0 aromatic heterocycles. The molecule has 0 amide bonds. The molecule has 2 N–H and O–H groups in total. The maximum absolute atomic E-state index is 10.3. The summed E-state index contributed by atoms with van der Waals surface area (Å²) in [4.78, 5) is 2.61. The molecule has 110 valence electrons. The molecule has 1 heterocycles. The van der Waals surface area contributed by atoms with Gasteiger partial charge >= 0.3 is 0 Å². The van der Waals surface area contributed by atoms with Gasteiger partial charge in [0.05, 0.1) is 6.10 Å². The maximum atomic E-state index is 10.3. The lowest BCUT2D eigenvalue weighted by atomic mass is 10.1. The van der Waals surface area contributed by atoms with E-state index in [2.05, 4.69) is 17.1 Å². The minimum Gasteiger partial charge on any atom is -0.387 e. The van der Waals surface area contributed by atoms with Crippen LogP contribution in [0, 0.1) is 0 Å². The van der Waals surface area contributed by atoms with Crippen LogP contribution in [0.25, 0.3) is 0 Å². The van der Waals surface area contributed by atoms with Crippen molar-refractivity contribution < 1.29 is 5.11 Å². The Bertz CT molecular complexity index is 464. The van der Waals surface area contributed by atoms with Crippen molar-refractivity contribution in [2.45, 2.75) is 50.4 Å². The van der Waals surface area contributed by atoms with Gasteiger partial charge in [-0.1, -0.05) is 29.8 Å². The van der Waals surface area contributed by atoms with Gasteiger partial charge in [-0.2, -0.15) is 0 Å². The highest BCUT2D eigenvalue weighted by Gasteiger charge is 2.38. The van der Waals surface area contributed by atoms with Crippen molar-refractivity contribution in [2.24, 2.45) is 0 Å². The molecule has 0 bridgehead atoms. The van der Waals surface area contributed by atoms with Crippen molar-refractivity contribution in [1.29, 1.82) is 0 Å². The van der Waals surface area contributed by atoms with Crippen LogP contribution in [-0.2, 0) is 0 Å². The average molecular weight is 295 g/mol. The predicted molar refractivity (Wildman–Crippen MR) is 82.0 cm³/mol. The Morgan fingerprint density at radius 1 is 1.40 bits per heavy atom. The van der Waals surface area contributed by atoms with Crippen LogP contribution in [0.4, 0.5) is 0 Å². The molecule has 4 heteroatoms. The SMILES string of the molecule is CC1CC(NCC(O)c2ccccc2Cl)CN1C1CC1. The van der Waals surface area contributed by atoms with E-state index in [1.807, 2.05) is 24.3 Å². The Morgan fingerprint density at radius 3 is 2.85 bits per heavy atom. The Morgan fingerprint density at radius 2 is 2.15 bits per heavy atom. The highest BCUT2D eigenvalue weighted by atomic mass is 35.5. The topological polar surface area (TPSA) is 35.5 Å². The standard InChI is InChI=1S/C16H23ClN2O/c1-11-8-12(10-19(11)13-6-7-13)18-9-16(20)14-4-2-3-5-15(14)17/h2-5,11-13,16,18,20H,6-10H2,1H3. The third-order valence-corrected chi connectivity index (χ3v) is 4.85. The lowest BCUT2D eigenvalue weighted by Crippen LogP contribution is -2.36. The molecule has 2 fully saturated rings. The molecule has 3 unspecified atom stereocenters. The van der Waals surface area contributed by atoms with E-state index in [4.69, 9.17) is 11.6 Å². The second kappa shape index (κ2) is 6.02. The Hall–Kier alpha value is -0.610. The summed E-state index contributed by atoms with van der Waals surface area (Å²) in [6.07, 6.45) is 3.36. The molecule has 3 nitrogen and oxygen atoms in total. The van der Waals surface area contributed by atoms with Crippen LogP contribution in [0.5, 0.6) is 0 Å². The summed E-state index contributed by atoms with van der Waals surface area (Å²) in [6, 6.07) is 9.50. The van der Waals surface area contributed by atoms with Crippen LogP contribution in [0.3, 0.4) is 0 Å². The van der Waals surface area contributed by atoms with Gasteiger partial charge in [0.25, 0.3) is 0 Å². The second-order valence-corrected chi connectivity index (χ2v) is 6.56. The maximum Gasteiger partial charge on any atom is 0.0928 e. The first-order valence-corrected chi connectivity index (χ1v) is 7.94. The highest BCUT2D eigenvalue weighted by molar-refractivity contribution is 6.31. The first-order valence-electron chi connectivity index (χ1n) is 7.56. The molecule has 0 spiro atoms. The minimum atomic E-state index is -0.533. The van der Waals surface area contributed by atoms with E-state index in [9.17, 15) is 5.11 Å². The van der Waals surface area contributed by atoms with Crippen molar-refractivity contribution in [1.82, 2.24) is 10.2 Å². The van der Waals surface area contributed by atoms with E-state index < -0.39 is 6.10 Å². The zero-order chi connectivity index (χ0) is 14.1. The molecule has 3 atom stereocenters. The highest BCUT2D eigenvalue weighted by Crippen LogP contribution is 2.33. The number of aliphatic hydroxyl groups excluding tert-OH is 1. The number of nitrogens with one attached hydrogen (secondary N) is 1. The third kappa shape index (κ3) is 3.17. The van der Waals surface area contributed by atoms with E-state index in [0.29, 0.717) is 23.7 Å². The Labute approximate surface area is 125 Å². The van der Waals surface area contributed by atoms with Gasteiger partial charge in [-0.3, -0.25) is 4.90 Å². The molecule has 1 aliphatic carbocycles. The number of halogens is 1. The van der Waals surface area contributed by atoms with Crippen LogP contribution >= 0.6 is 11.6 Å². The fourth-order valence-electron chi connectivity index (χ4n) is 3.25. The zero-order valence-corrected chi connectivity index (χ0v) is 12.7. The monoisotopic (exact) mass is 294 g/mol. The zero-order valence-electron chi connectivity index (χ0n) is 11.9. The molecule has 2 aliphatic rings. The van der Waals surface area contributed by atoms with Gasteiger partial charge in [-0.25, -0.2) is 0 Å². The lowest BCUT2D eigenvalue weighted by molar-refractivity contribution is 0.169. The average Bonchev–Trinajstić information content (AvgIpc) is 3.20. The first kappa shape index (κ1) is 14.3. The number of nitrogens with zero attached hydrogens (tertiary/aromatic N) is 1. The Balaban J connectivity index is 1.51. The van der Waals surface area contributed by atoms with Crippen molar-refractivity contribution >= 4 is 11.6 Å². The molecule has 1 saturated heterocycles. The summed E-state index contributed by atoms with van der Waals surface area (Å²) >= 11 is 6.11. The van der Waals surface area contributed by atoms with Crippen LogP contribution in [0.2, 0.25) is 5.02 Å². The molecule has 0 radical (unpaired) electrons. The molecular weight excluding hydrogens is 272 g/mol. The van der Waals surface area contributed by atoms with Crippen molar-refractivity contribution in [3.05, 3.63) is 34.9 Å². The Kier molecular flexibility index (Phi) is 4.32. The van der Waals surface area contributed by atoms with E-state index in [0.717, 1.165) is 18.2 Å². The van der Waals surface area contributed by atoms with E-state index >= 15 is 0 Å². The quantitative estimate of drug-likeness (QED) is 0.876. The van der Waals surface area contributed by atoms with Crippen LogP contribution in [0.1, 0.15) is 37.9 Å². The molecule has 1 aromatic carbocycles. The summed E-state index contributed by atoms with van der Waals surface area (Å²) in [5.74, 6) is 0. The summed E-state index contributed by atoms with van der Waals surface area (Å²) in [5.41, 5.74) is 0.812. The van der Waals surface area contributed by atoms with Gasteiger partial charge in [-0.15, -0.1) is 0 Å². The fourth-order valence-corrected chi connectivity index (χ4v) is 3.51. The molecule has 1 saturated carbocycles. The molecule has 3 rings (SSSR count). The largest absolute Gasteiger partial charge is 0.387 e. The third-order valence-electron chi connectivity index (χ3n) is 4.50. The number of rotatable bonds is 5. The summed E-state index contributed by atoms with van der Waals surface area (Å²) < 4.78 is 0. The van der Waals surface area contributed by atoms with E-state index in [-0.39, 0.29) is 0 Å². The number of likely N-dealkylation sites (tertiary alicyclic amines) is 1. The normalized spacial score (nSPS) is 28.8. The molecule has 1 aliphatic heterocycles. The van der Waals surface area contributed by atoms with E-state index in [1.165, 1.54) is 19.3 Å². The van der Waals surface area contributed by atoms with Gasteiger partial charge in [0.2, 0.25) is 0 Å². The fraction of sp³-hybridized carbons (Fsp3) is 0.625. The van der Waals surface area contributed by atoms with Gasteiger partial charge in [0.1, 0.15) is 0 Å².